The third-order valence-electron chi connectivity index (χ3n) is 3.67. The third-order valence-corrected chi connectivity index (χ3v) is 3.67. The van der Waals surface area contributed by atoms with Crippen molar-refractivity contribution in [3.05, 3.63) is 0 Å². The molecule has 2 rings (SSSR count). The number of ether oxygens (including phenoxy) is 2. The molecule has 0 unspecified atom stereocenters. The predicted octanol–water partition coefficient (Wildman–Crippen LogP) is 1.32. The summed E-state index contributed by atoms with van der Waals surface area (Å²) in [5.74, 6) is -0.103. The van der Waals surface area contributed by atoms with Gasteiger partial charge in [-0.1, -0.05) is 0 Å². The van der Waals surface area contributed by atoms with Gasteiger partial charge in [0.05, 0.1) is 13.2 Å². The normalized spacial score (nSPS) is 32.1. The van der Waals surface area contributed by atoms with Crippen molar-refractivity contribution in [2.45, 2.75) is 38.4 Å². The van der Waals surface area contributed by atoms with Gasteiger partial charge < -0.3 is 19.1 Å². The van der Waals surface area contributed by atoms with E-state index >= 15 is 0 Å². The Bertz CT molecular complexity index is 281. The molecule has 0 N–H and O–H groups in total. The van der Waals surface area contributed by atoms with Crippen LogP contribution in [0, 0.1) is 11.8 Å². The minimum Gasteiger partial charge on any atom is -0.347 e. The summed E-state index contributed by atoms with van der Waals surface area (Å²) in [7, 11) is 0. The minimum absolute atomic E-state index is 0.0522. The smallest absolute Gasteiger partial charge is 0.171 e. The molecule has 16 heavy (non-hydrogen) atoms. The number of carbonyl (C=O) groups excluding carboxylic acids is 2. The second-order valence-electron chi connectivity index (χ2n) is 4.72. The highest BCUT2D eigenvalue weighted by molar-refractivity contribution is 5.75. The molecule has 0 amide bonds. The van der Waals surface area contributed by atoms with Crippen LogP contribution in [0.4, 0.5) is 0 Å². The molecule has 1 saturated carbocycles. The summed E-state index contributed by atoms with van der Waals surface area (Å²) >= 11 is 0. The third kappa shape index (κ3) is 2.04. The Labute approximate surface area is 95.3 Å². The van der Waals surface area contributed by atoms with Crippen LogP contribution in [0.15, 0.2) is 0 Å². The molecule has 2 aliphatic rings. The van der Waals surface area contributed by atoms with Crippen LogP contribution in [-0.2, 0) is 19.1 Å². The largest absolute Gasteiger partial charge is 0.347 e. The number of hydrogen-bond donors (Lipinski definition) is 0. The first-order chi connectivity index (χ1) is 7.68. The molecule has 0 aromatic heterocycles. The number of ketones is 1. The van der Waals surface area contributed by atoms with Crippen molar-refractivity contribution in [1.29, 1.82) is 0 Å². The van der Waals surface area contributed by atoms with Crippen LogP contribution >= 0.6 is 0 Å². The van der Waals surface area contributed by atoms with Crippen molar-refractivity contribution in [3.8, 4) is 0 Å². The number of carbonyl (C=O) groups is 2. The zero-order valence-electron chi connectivity index (χ0n) is 9.61. The summed E-state index contributed by atoms with van der Waals surface area (Å²) in [4.78, 5) is 21.9. The van der Waals surface area contributed by atoms with Gasteiger partial charge in [0.1, 0.15) is 12.1 Å². The van der Waals surface area contributed by atoms with Crippen LogP contribution in [-0.4, -0.2) is 31.1 Å². The molecule has 2 fully saturated rings. The van der Waals surface area contributed by atoms with Crippen LogP contribution in [0.5, 0.6) is 0 Å². The van der Waals surface area contributed by atoms with E-state index in [1.54, 1.807) is 6.92 Å². The van der Waals surface area contributed by atoms with Crippen molar-refractivity contribution >= 4 is 12.1 Å². The fraction of sp³-hybridized carbons (Fsp3) is 0.833. The standard InChI is InChI=1S/C12H18O4/c1-9(14)8-10-2-4-12(11(10)3-5-13)15-6-7-16-12/h5,10-11H,2-4,6-8H2,1H3/t10-,11+/m1/s1. The maximum atomic E-state index is 11.2. The SMILES string of the molecule is CC(=O)C[C@H]1CCC2(OCCO2)[C@H]1CC=O. The van der Waals surface area contributed by atoms with Crippen molar-refractivity contribution in [2.75, 3.05) is 13.2 Å². The Morgan fingerprint density at radius 2 is 2.12 bits per heavy atom. The van der Waals surface area contributed by atoms with E-state index in [-0.39, 0.29) is 17.6 Å². The van der Waals surface area contributed by atoms with E-state index < -0.39 is 5.79 Å². The molecule has 1 aliphatic heterocycles. The van der Waals surface area contributed by atoms with Crippen LogP contribution in [0.2, 0.25) is 0 Å². The highest BCUT2D eigenvalue weighted by atomic mass is 16.7. The monoisotopic (exact) mass is 226 g/mol. The van der Waals surface area contributed by atoms with Gasteiger partial charge in [-0.2, -0.15) is 0 Å². The van der Waals surface area contributed by atoms with E-state index in [9.17, 15) is 9.59 Å². The lowest BCUT2D eigenvalue weighted by atomic mass is 9.87. The van der Waals surface area contributed by atoms with Gasteiger partial charge >= 0.3 is 0 Å². The summed E-state index contributed by atoms with van der Waals surface area (Å²) in [6.07, 6.45) is 3.60. The summed E-state index contributed by atoms with van der Waals surface area (Å²) in [6, 6.07) is 0. The first-order valence-corrected chi connectivity index (χ1v) is 5.89. The van der Waals surface area contributed by atoms with Gasteiger partial charge in [0.25, 0.3) is 0 Å². The molecule has 1 aliphatic carbocycles. The van der Waals surface area contributed by atoms with E-state index in [1.807, 2.05) is 0 Å². The Kier molecular flexibility index (Phi) is 3.40. The van der Waals surface area contributed by atoms with Gasteiger partial charge in [0.2, 0.25) is 0 Å². The second-order valence-corrected chi connectivity index (χ2v) is 4.72. The molecular formula is C12H18O4. The number of rotatable bonds is 4. The summed E-state index contributed by atoms with van der Waals surface area (Å²) in [5, 5.41) is 0. The van der Waals surface area contributed by atoms with Crippen LogP contribution in [0.3, 0.4) is 0 Å². The zero-order chi connectivity index (χ0) is 11.6. The van der Waals surface area contributed by atoms with Gasteiger partial charge in [0, 0.05) is 25.2 Å². The maximum absolute atomic E-state index is 11.2. The molecular weight excluding hydrogens is 208 g/mol. The average Bonchev–Trinajstić information content (AvgIpc) is 2.81. The van der Waals surface area contributed by atoms with Crippen molar-refractivity contribution in [3.63, 3.8) is 0 Å². The van der Waals surface area contributed by atoms with Crippen LogP contribution < -0.4 is 0 Å². The Balaban J connectivity index is 2.11. The molecule has 1 spiro atoms. The fourth-order valence-electron chi connectivity index (χ4n) is 3.05. The van der Waals surface area contributed by atoms with Crippen molar-refractivity contribution in [1.82, 2.24) is 0 Å². The first kappa shape index (κ1) is 11.7. The fourth-order valence-corrected chi connectivity index (χ4v) is 3.05. The maximum Gasteiger partial charge on any atom is 0.171 e. The molecule has 1 saturated heterocycles. The summed E-state index contributed by atoms with van der Waals surface area (Å²) in [6.45, 7) is 2.80. The van der Waals surface area contributed by atoms with Gasteiger partial charge in [-0.15, -0.1) is 0 Å². The summed E-state index contributed by atoms with van der Waals surface area (Å²) in [5.41, 5.74) is 0. The molecule has 90 valence electrons. The van der Waals surface area contributed by atoms with E-state index in [4.69, 9.17) is 9.47 Å². The Hall–Kier alpha value is -0.740. The van der Waals surface area contributed by atoms with Crippen LogP contribution in [0.1, 0.15) is 32.6 Å². The second kappa shape index (κ2) is 4.63. The van der Waals surface area contributed by atoms with Crippen molar-refractivity contribution in [2.24, 2.45) is 11.8 Å². The Morgan fingerprint density at radius 1 is 1.44 bits per heavy atom. The highest BCUT2D eigenvalue weighted by Gasteiger charge is 2.52. The van der Waals surface area contributed by atoms with E-state index in [0.29, 0.717) is 26.1 Å². The molecule has 0 bridgehead atoms. The zero-order valence-corrected chi connectivity index (χ0v) is 9.61. The van der Waals surface area contributed by atoms with Gasteiger partial charge in [-0.25, -0.2) is 0 Å². The number of hydrogen-bond acceptors (Lipinski definition) is 4. The lowest BCUT2D eigenvalue weighted by molar-refractivity contribution is -0.187. The molecule has 2 atom stereocenters. The molecule has 0 aromatic carbocycles. The lowest BCUT2D eigenvalue weighted by Gasteiger charge is -2.30. The van der Waals surface area contributed by atoms with Crippen molar-refractivity contribution < 1.29 is 19.1 Å². The molecule has 4 heteroatoms. The van der Waals surface area contributed by atoms with Gasteiger partial charge in [-0.3, -0.25) is 0 Å². The molecule has 0 radical (unpaired) electrons. The minimum atomic E-state index is -0.568. The molecule has 1 heterocycles. The molecule has 0 aromatic rings. The van der Waals surface area contributed by atoms with E-state index in [0.717, 1.165) is 19.1 Å². The molecule has 4 nitrogen and oxygen atoms in total. The number of Topliss-reactive ketones (excluding diaryl/α,β-unsaturated/α-hetero) is 1. The first-order valence-electron chi connectivity index (χ1n) is 5.89. The Morgan fingerprint density at radius 3 is 2.69 bits per heavy atom. The summed E-state index contributed by atoms with van der Waals surface area (Å²) < 4.78 is 11.4. The van der Waals surface area contributed by atoms with Crippen LogP contribution in [0.25, 0.3) is 0 Å². The average molecular weight is 226 g/mol. The highest BCUT2D eigenvalue weighted by Crippen LogP contribution is 2.48. The lowest BCUT2D eigenvalue weighted by Crippen LogP contribution is -2.37. The van der Waals surface area contributed by atoms with Gasteiger partial charge in [-0.05, 0) is 19.3 Å². The van der Waals surface area contributed by atoms with E-state index in [1.165, 1.54) is 0 Å². The topological polar surface area (TPSA) is 52.6 Å². The van der Waals surface area contributed by atoms with E-state index in [2.05, 4.69) is 0 Å². The predicted molar refractivity (Wildman–Crippen MR) is 56.8 cm³/mol. The van der Waals surface area contributed by atoms with Gasteiger partial charge in [0.15, 0.2) is 5.79 Å². The quantitative estimate of drug-likeness (QED) is 0.678. The number of aldehydes is 1.